The van der Waals surface area contributed by atoms with Crippen molar-refractivity contribution in [3.8, 4) is 5.75 Å². The van der Waals surface area contributed by atoms with Gasteiger partial charge in [-0.1, -0.05) is 18.5 Å². The van der Waals surface area contributed by atoms with Gasteiger partial charge in [-0.15, -0.1) is 0 Å². The summed E-state index contributed by atoms with van der Waals surface area (Å²) >= 11 is 5.80. The summed E-state index contributed by atoms with van der Waals surface area (Å²) in [6.45, 7) is 5.23. The molecule has 1 aromatic carbocycles. The lowest BCUT2D eigenvalue weighted by atomic mass is 10.1. The fraction of sp³-hybridized carbons (Fsp3) is 0.417. The Morgan fingerprint density at radius 2 is 2.12 bits per heavy atom. The number of hydrogen-bond donors (Lipinski definition) is 1. The lowest BCUT2D eigenvalue weighted by Gasteiger charge is -2.20. The largest absolute Gasteiger partial charge is 0.507 e. The molecule has 0 radical (unpaired) electrons. The Bertz CT molecular complexity index is 379. The van der Waals surface area contributed by atoms with Crippen molar-refractivity contribution in [2.24, 2.45) is 0 Å². The minimum absolute atomic E-state index is 0.0241. The smallest absolute Gasteiger partial charge is 0.257 e. The van der Waals surface area contributed by atoms with Crippen molar-refractivity contribution >= 4 is 17.5 Å². The Hall–Kier alpha value is -1.22. The lowest BCUT2D eigenvalue weighted by molar-refractivity contribution is 0.0761. The number of carbonyl (C=O) groups excluding carboxylic acids is 1. The standard InChI is InChI=1S/C12H16ClNO2/c1-3-7-14(4-2)12(16)10-8-9(13)5-6-11(10)15/h5-6,8,15H,3-4,7H2,1-2H3. The van der Waals surface area contributed by atoms with Gasteiger partial charge in [0.05, 0.1) is 5.56 Å². The maximum atomic E-state index is 12.0. The molecule has 1 amide bonds. The molecule has 0 saturated carbocycles. The zero-order valence-electron chi connectivity index (χ0n) is 9.53. The first-order chi connectivity index (χ1) is 7.60. The molecule has 1 N–H and O–H groups in total. The molecular weight excluding hydrogens is 226 g/mol. The monoisotopic (exact) mass is 241 g/mol. The number of aromatic hydroxyl groups is 1. The van der Waals surface area contributed by atoms with Crippen molar-refractivity contribution in [1.82, 2.24) is 4.90 Å². The van der Waals surface area contributed by atoms with Crippen molar-refractivity contribution < 1.29 is 9.90 Å². The Morgan fingerprint density at radius 3 is 2.69 bits per heavy atom. The van der Waals surface area contributed by atoms with Gasteiger partial charge >= 0.3 is 0 Å². The van der Waals surface area contributed by atoms with Gasteiger partial charge in [0.2, 0.25) is 0 Å². The summed E-state index contributed by atoms with van der Waals surface area (Å²) in [7, 11) is 0. The molecule has 0 fully saturated rings. The van der Waals surface area contributed by atoms with Crippen LogP contribution in [-0.2, 0) is 0 Å². The normalized spacial score (nSPS) is 10.2. The second kappa shape index (κ2) is 5.75. The fourth-order valence-corrected chi connectivity index (χ4v) is 1.70. The van der Waals surface area contributed by atoms with Crippen LogP contribution in [0.2, 0.25) is 5.02 Å². The van der Waals surface area contributed by atoms with Gasteiger partial charge in [0.1, 0.15) is 5.75 Å². The minimum atomic E-state index is -0.177. The number of carbonyl (C=O) groups is 1. The molecule has 0 atom stereocenters. The molecular formula is C12H16ClNO2. The van der Waals surface area contributed by atoms with Crippen LogP contribution >= 0.6 is 11.6 Å². The molecule has 4 heteroatoms. The number of hydrogen-bond acceptors (Lipinski definition) is 2. The fourth-order valence-electron chi connectivity index (χ4n) is 1.52. The molecule has 16 heavy (non-hydrogen) atoms. The van der Waals surface area contributed by atoms with E-state index in [2.05, 4.69) is 0 Å². The van der Waals surface area contributed by atoms with Crippen LogP contribution in [0.1, 0.15) is 30.6 Å². The van der Waals surface area contributed by atoms with E-state index in [9.17, 15) is 9.90 Å². The van der Waals surface area contributed by atoms with Gasteiger partial charge in [0.25, 0.3) is 5.91 Å². The third-order valence-corrected chi connectivity index (χ3v) is 2.59. The first kappa shape index (κ1) is 12.8. The number of halogens is 1. The highest BCUT2D eigenvalue weighted by Crippen LogP contribution is 2.22. The zero-order chi connectivity index (χ0) is 12.1. The summed E-state index contributed by atoms with van der Waals surface area (Å²) < 4.78 is 0. The van der Waals surface area contributed by atoms with Crippen molar-refractivity contribution in [2.45, 2.75) is 20.3 Å². The van der Waals surface area contributed by atoms with Gasteiger partial charge in [-0.25, -0.2) is 0 Å². The lowest BCUT2D eigenvalue weighted by Crippen LogP contribution is -2.31. The van der Waals surface area contributed by atoms with Crippen molar-refractivity contribution in [3.63, 3.8) is 0 Å². The zero-order valence-corrected chi connectivity index (χ0v) is 10.3. The topological polar surface area (TPSA) is 40.5 Å². The average molecular weight is 242 g/mol. The summed E-state index contributed by atoms with van der Waals surface area (Å²) in [4.78, 5) is 13.7. The van der Waals surface area contributed by atoms with Crippen molar-refractivity contribution in [3.05, 3.63) is 28.8 Å². The second-order valence-electron chi connectivity index (χ2n) is 3.55. The minimum Gasteiger partial charge on any atom is -0.507 e. The number of nitrogens with zero attached hydrogens (tertiary/aromatic N) is 1. The molecule has 0 unspecified atom stereocenters. The SMILES string of the molecule is CCCN(CC)C(=O)c1cc(Cl)ccc1O. The predicted octanol–water partition coefficient (Wildman–Crippen LogP) is 2.92. The van der Waals surface area contributed by atoms with Gasteiger partial charge in [0, 0.05) is 18.1 Å². The number of benzene rings is 1. The van der Waals surface area contributed by atoms with Crippen LogP contribution in [0.5, 0.6) is 5.75 Å². The quantitative estimate of drug-likeness (QED) is 0.881. The van der Waals surface area contributed by atoms with E-state index in [-0.39, 0.29) is 17.2 Å². The van der Waals surface area contributed by atoms with E-state index in [4.69, 9.17) is 11.6 Å². The van der Waals surface area contributed by atoms with Gasteiger partial charge in [-0.2, -0.15) is 0 Å². The van der Waals surface area contributed by atoms with Gasteiger partial charge in [-0.05, 0) is 31.5 Å². The van der Waals surface area contributed by atoms with E-state index in [1.807, 2.05) is 13.8 Å². The molecule has 0 aliphatic carbocycles. The van der Waals surface area contributed by atoms with E-state index in [1.165, 1.54) is 12.1 Å². The average Bonchev–Trinajstić information content (AvgIpc) is 2.28. The van der Waals surface area contributed by atoms with Crippen LogP contribution in [0, 0.1) is 0 Å². The molecule has 0 spiro atoms. The molecule has 0 aliphatic heterocycles. The summed E-state index contributed by atoms with van der Waals surface area (Å²) in [5, 5.41) is 10.1. The van der Waals surface area contributed by atoms with E-state index < -0.39 is 0 Å². The van der Waals surface area contributed by atoms with Crippen molar-refractivity contribution in [2.75, 3.05) is 13.1 Å². The predicted molar refractivity (Wildman–Crippen MR) is 65.0 cm³/mol. The highest BCUT2D eigenvalue weighted by Gasteiger charge is 2.17. The molecule has 0 heterocycles. The number of phenols is 1. The van der Waals surface area contributed by atoms with Crippen LogP contribution in [0.25, 0.3) is 0 Å². The van der Waals surface area contributed by atoms with E-state index in [1.54, 1.807) is 11.0 Å². The second-order valence-corrected chi connectivity index (χ2v) is 3.98. The number of rotatable bonds is 4. The first-order valence-electron chi connectivity index (χ1n) is 5.38. The van der Waals surface area contributed by atoms with E-state index in [0.717, 1.165) is 6.42 Å². The Kier molecular flexibility index (Phi) is 4.62. The van der Waals surface area contributed by atoms with Crippen molar-refractivity contribution in [1.29, 1.82) is 0 Å². The first-order valence-corrected chi connectivity index (χ1v) is 5.75. The third kappa shape index (κ3) is 2.89. The third-order valence-electron chi connectivity index (χ3n) is 2.35. The molecule has 3 nitrogen and oxygen atoms in total. The maximum Gasteiger partial charge on any atom is 0.257 e. The summed E-state index contributed by atoms with van der Waals surface area (Å²) in [5.41, 5.74) is 0.266. The molecule has 0 aliphatic rings. The Balaban J connectivity index is 2.98. The molecule has 0 aromatic heterocycles. The number of amides is 1. The molecule has 0 saturated heterocycles. The Labute approximate surface area is 101 Å². The van der Waals surface area contributed by atoms with Crippen LogP contribution in [0.3, 0.4) is 0 Å². The van der Waals surface area contributed by atoms with Crippen LogP contribution in [0.4, 0.5) is 0 Å². The summed E-state index contributed by atoms with van der Waals surface area (Å²) in [6.07, 6.45) is 0.890. The van der Waals surface area contributed by atoms with Crippen LogP contribution in [0.15, 0.2) is 18.2 Å². The summed E-state index contributed by atoms with van der Waals surface area (Å²) in [6, 6.07) is 4.50. The van der Waals surface area contributed by atoms with Gasteiger partial charge in [0.15, 0.2) is 0 Å². The van der Waals surface area contributed by atoms with Crippen LogP contribution < -0.4 is 0 Å². The molecule has 0 bridgehead atoms. The van der Waals surface area contributed by atoms with E-state index in [0.29, 0.717) is 18.1 Å². The maximum absolute atomic E-state index is 12.0. The molecule has 1 aromatic rings. The van der Waals surface area contributed by atoms with E-state index >= 15 is 0 Å². The molecule has 88 valence electrons. The molecule has 1 rings (SSSR count). The van der Waals surface area contributed by atoms with Crippen LogP contribution in [-0.4, -0.2) is 29.0 Å². The number of phenolic OH excluding ortho intramolecular Hbond substituents is 1. The Morgan fingerprint density at radius 1 is 1.44 bits per heavy atom. The van der Waals surface area contributed by atoms with Gasteiger partial charge in [-0.3, -0.25) is 4.79 Å². The highest BCUT2D eigenvalue weighted by molar-refractivity contribution is 6.31. The highest BCUT2D eigenvalue weighted by atomic mass is 35.5. The summed E-state index contributed by atoms with van der Waals surface area (Å²) in [5.74, 6) is -0.201. The van der Waals surface area contributed by atoms with Gasteiger partial charge < -0.3 is 10.0 Å².